The van der Waals surface area contributed by atoms with Gasteiger partial charge in [-0.25, -0.2) is 0 Å². The number of allylic oxidation sites excluding steroid dienone is 1. The Bertz CT molecular complexity index is 1190. The van der Waals surface area contributed by atoms with Gasteiger partial charge in [0.05, 0.1) is 5.52 Å². The lowest BCUT2D eigenvalue weighted by Crippen LogP contribution is -2.36. The van der Waals surface area contributed by atoms with Gasteiger partial charge in [-0.15, -0.1) is 18.3 Å². The van der Waals surface area contributed by atoms with Gasteiger partial charge in [-0.1, -0.05) is 11.3 Å². The smallest absolute Gasteiger partial charge is 0.406 e. The second-order valence-electron chi connectivity index (χ2n) is 8.91. The molecule has 2 aliphatic heterocycles. The third kappa shape index (κ3) is 5.22. The summed E-state index contributed by atoms with van der Waals surface area (Å²) in [6.07, 6.45) is -0.400. The first-order valence-electron chi connectivity index (χ1n) is 11.2. The molecule has 0 bridgehead atoms. The molecule has 7 nitrogen and oxygen atoms in total. The minimum atomic E-state index is -4.75. The molecule has 2 saturated heterocycles. The number of ether oxygens (including phenoxy) is 1. The molecule has 3 aromatic rings. The zero-order chi connectivity index (χ0) is 23.7. The van der Waals surface area contributed by atoms with Crippen molar-refractivity contribution in [1.29, 1.82) is 0 Å². The molecule has 0 saturated carbocycles. The first-order chi connectivity index (χ1) is 16.3. The van der Waals surface area contributed by atoms with Crippen LogP contribution in [0.1, 0.15) is 22.3 Å². The van der Waals surface area contributed by atoms with Gasteiger partial charge < -0.3 is 9.64 Å². The summed E-state index contributed by atoms with van der Waals surface area (Å²) in [5.74, 6) is 0.569. The van der Waals surface area contributed by atoms with Crippen molar-refractivity contribution < 1.29 is 22.7 Å². The Morgan fingerprint density at radius 3 is 2.71 bits per heavy atom. The number of halogens is 3. The standard InChI is InChI=1S/C24H24F3N5O2/c25-24(26,27)34-20-4-2-17(3-5-20)23(33)8-10-31-9-7-18-13-32(15-19(18)14-31)12-16-1-6-21-22(11-16)29-30-28-21/h1-6,8,10-11,18-19H,7,9,12-15H2,(H,28,29,30)/b10-8+/t18-,19-/m1/s1. The van der Waals surface area contributed by atoms with E-state index in [1.54, 1.807) is 6.20 Å². The van der Waals surface area contributed by atoms with E-state index in [0.29, 0.717) is 17.4 Å². The first-order valence-corrected chi connectivity index (χ1v) is 11.2. The fourth-order valence-corrected chi connectivity index (χ4v) is 4.89. The Balaban J connectivity index is 1.14. The van der Waals surface area contributed by atoms with Gasteiger partial charge in [-0.2, -0.15) is 0 Å². The summed E-state index contributed by atoms with van der Waals surface area (Å²) in [5.41, 5.74) is 3.34. The number of fused-ring (bicyclic) bond motifs is 2. The molecule has 34 heavy (non-hydrogen) atoms. The highest BCUT2D eigenvalue weighted by molar-refractivity contribution is 6.04. The summed E-state index contributed by atoms with van der Waals surface area (Å²) in [5, 5.41) is 10.8. The number of hydrogen-bond donors (Lipinski definition) is 1. The van der Waals surface area contributed by atoms with Crippen LogP contribution >= 0.6 is 0 Å². The molecule has 178 valence electrons. The summed E-state index contributed by atoms with van der Waals surface area (Å²) in [6.45, 7) is 4.69. The molecule has 0 radical (unpaired) electrons. The second kappa shape index (κ2) is 9.09. The van der Waals surface area contributed by atoms with Crippen molar-refractivity contribution in [2.24, 2.45) is 11.8 Å². The van der Waals surface area contributed by atoms with E-state index in [1.165, 1.54) is 23.8 Å². The summed E-state index contributed by atoms with van der Waals surface area (Å²) >= 11 is 0. The third-order valence-corrected chi connectivity index (χ3v) is 6.51. The summed E-state index contributed by atoms with van der Waals surface area (Å²) in [6, 6.07) is 11.2. The Labute approximate surface area is 194 Å². The number of H-pyrrole nitrogens is 1. The number of carbonyl (C=O) groups is 1. The molecule has 2 atom stereocenters. The fourth-order valence-electron chi connectivity index (χ4n) is 4.89. The number of nitrogens with one attached hydrogen (secondary N) is 1. The van der Waals surface area contributed by atoms with Crippen molar-refractivity contribution >= 4 is 16.8 Å². The lowest BCUT2D eigenvalue weighted by atomic mass is 9.89. The number of likely N-dealkylation sites (tertiary alicyclic amines) is 2. The Hall–Kier alpha value is -3.40. The molecule has 0 aliphatic carbocycles. The number of aromatic amines is 1. The average Bonchev–Trinajstić information content (AvgIpc) is 3.42. The molecule has 0 amide bonds. The van der Waals surface area contributed by atoms with Crippen LogP contribution in [0.5, 0.6) is 5.75 Å². The number of benzene rings is 2. The molecule has 2 fully saturated rings. The maximum Gasteiger partial charge on any atom is 0.573 e. The van der Waals surface area contributed by atoms with Gasteiger partial charge in [-0.05, 0) is 60.2 Å². The number of alkyl halides is 3. The summed E-state index contributed by atoms with van der Waals surface area (Å²) < 4.78 is 40.7. The number of piperidine rings is 1. The summed E-state index contributed by atoms with van der Waals surface area (Å²) in [7, 11) is 0. The van der Waals surface area contributed by atoms with Crippen LogP contribution in [0.3, 0.4) is 0 Å². The first kappa shape index (κ1) is 22.4. The average molecular weight is 471 g/mol. The normalized spacial score (nSPS) is 21.3. The Kier molecular flexibility index (Phi) is 5.99. The molecular formula is C24H24F3N5O2. The molecule has 2 aromatic carbocycles. The molecule has 0 spiro atoms. The van der Waals surface area contributed by atoms with Crippen molar-refractivity contribution in [3.8, 4) is 5.75 Å². The predicted octanol–water partition coefficient (Wildman–Crippen LogP) is 4.01. The molecule has 0 unspecified atom stereocenters. The van der Waals surface area contributed by atoms with Gasteiger partial charge in [-0.3, -0.25) is 14.8 Å². The third-order valence-electron chi connectivity index (χ3n) is 6.51. The van der Waals surface area contributed by atoms with Gasteiger partial charge in [0, 0.05) is 50.6 Å². The lowest BCUT2D eigenvalue weighted by molar-refractivity contribution is -0.274. The lowest BCUT2D eigenvalue weighted by Gasteiger charge is -2.33. The molecule has 5 rings (SSSR count). The maximum atomic E-state index is 12.4. The van der Waals surface area contributed by atoms with Crippen molar-refractivity contribution in [1.82, 2.24) is 25.2 Å². The minimum absolute atomic E-state index is 0.253. The van der Waals surface area contributed by atoms with Crippen LogP contribution in [0.2, 0.25) is 0 Å². The van der Waals surface area contributed by atoms with Crippen LogP contribution in [-0.4, -0.2) is 63.5 Å². The maximum absolute atomic E-state index is 12.4. The van der Waals surface area contributed by atoms with E-state index < -0.39 is 6.36 Å². The molecule has 10 heteroatoms. The van der Waals surface area contributed by atoms with Gasteiger partial charge in [0.25, 0.3) is 0 Å². The zero-order valence-corrected chi connectivity index (χ0v) is 18.3. The van der Waals surface area contributed by atoms with Gasteiger partial charge in [0.1, 0.15) is 11.3 Å². The zero-order valence-electron chi connectivity index (χ0n) is 18.3. The van der Waals surface area contributed by atoms with Crippen LogP contribution in [0.25, 0.3) is 11.0 Å². The van der Waals surface area contributed by atoms with Gasteiger partial charge >= 0.3 is 6.36 Å². The van der Waals surface area contributed by atoms with Crippen LogP contribution < -0.4 is 4.74 Å². The summed E-state index contributed by atoms with van der Waals surface area (Å²) in [4.78, 5) is 17.1. The van der Waals surface area contributed by atoms with Crippen molar-refractivity contribution in [2.45, 2.75) is 19.3 Å². The van der Waals surface area contributed by atoms with Crippen LogP contribution in [-0.2, 0) is 6.54 Å². The van der Waals surface area contributed by atoms with Gasteiger partial charge in [0.2, 0.25) is 0 Å². The Morgan fingerprint density at radius 1 is 1.12 bits per heavy atom. The topological polar surface area (TPSA) is 74.4 Å². The van der Waals surface area contributed by atoms with Crippen molar-refractivity contribution in [2.75, 3.05) is 26.2 Å². The van der Waals surface area contributed by atoms with E-state index in [4.69, 9.17) is 0 Å². The predicted molar refractivity (Wildman–Crippen MR) is 119 cm³/mol. The molecule has 1 N–H and O–H groups in total. The van der Waals surface area contributed by atoms with E-state index in [-0.39, 0.29) is 11.5 Å². The largest absolute Gasteiger partial charge is 0.573 e. The number of rotatable bonds is 6. The van der Waals surface area contributed by atoms with E-state index in [2.05, 4.69) is 42.1 Å². The van der Waals surface area contributed by atoms with Crippen LogP contribution in [0.15, 0.2) is 54.7 Å². The second-order valence-corrected chi connectivity index (χ2v) is 8.91. The monoisotopic (exact) mass is 471 g/mol. The van der Waals surface area contributed by atoms with E-state index >= 15 is 0 Å². The van der Waals surface area contributed by atoms with Crippen molar-refractivity contribution in [3.05, 3.63) is 65.9 Å². The molecule has 3 heterocycles. The fraction of sp³-hybridized carbons (Fsp3) is 0.375. The minimum Gasteiger partial charge on any atom is -0.406 e. The highest BCUT2D eigenvalue weighted by atomic mass is 19.4. The highest BCUT2D eigenvalue weighted by Gasteiger charge is 2.36. The number of ketones is 1. The quantitative estimate of drug-likeness (QED) is 0.433. The number of nitrogens with zero attached hydrogens (tertiary/aromatic N) is 4. The number of hydrogen-bond acceptors (Lipinski definition) is 6. The van der Waals surface area contributed by atoms with E-state index in [1.807, 2.05) is 6.07 Å². The molecule has 1 aromatic heterocycles. The molecule has 2 aliphatic rings. The number of carbonyl (C=O) groups excluding carboxylic acids is 1. The van der Waals surface area contributed by atoms with Crippen molar-refractivity contribution in [3.63, 3.8) is 0 Å². The van der Waals surface area contributed by atoms with Gasteiger partial charge in [0.15, 0.2) is 5.78 Å². The van der Waals surface area contributed by atoms with E-state index in [9.17, 15) is 18.0 Å². The highest BCUT2D eigenvalue weighted by Crippen LogP contribution is 2.32. The Morgan fingerprint density at radius 2 is 1.91 bits per heavy atom. The molecular weight excluding hydrogens is 447 g/mol. The number of aromatic nitrogens is 3. The van der Waals surface area contributed by atoms with E-state index in [0.717, 1.165) is 62.3 Å². The van der Waals surface area contributed by atoms with Crippen LogP contribution in [0, 0.1) is 11.8 Å². The van der Waals surface area contributed by atoms with Crippen LogP contribution in [0.4, 0.5) is 13.2 Å². The SMILES string of the molecule is O=C(/C=C/N1CC[C@@H]2CN(Cc3ccc4[nH]nnc4c3)C[C@H]2C1)c1ccc(OC(F)(F)F)cc1.